The molecular formula is C21H24F3N3O. The quantitative estimate of drug-likeness (QED) is 0.812. The third-order valence-corrected chi connectivity index (χ3v) is 4.81. The smallest absolute Gasteiger partial charge is 0.325 e. The van der Waals surface area contributed by atoms with E-state index in [2.05, 4.69) is 5.32 Å². The Balaban J connectivity index is 1.49. The summed E-state index contributed by atoms with van der Waals surface area (Å²) in [7, 11) is 0. The maximum atomic E-state index is 12.4. The second-order valence-corrected chi connectivity index (χ2v) is 6.94. The van der Waals surface area contributed by atoms with Crippen LogP contribution in [0, 0.1) is 0 Å². The van der Waals surface area contributed by atoms with E-state index in [1.165, 1.54) is 4.90 Å². The van der Waals surface area contributed by atoms with Gasteiger partial charge in [-0.3, -0.25) is 9.69 Å². The summed E-state index contributed by atoms with van der Waals surface area (Å²) in [4.78, 5) is 15.8. The average Bonchev–Trinajstić information content (AvgIpc) is 2.67. The number of halogens is 3. The summed E-state index contributed by atoms with van der Waals surface area (Å²) in [6.45, 7) is 1.51. The van der Waals surface area contributed by atoms with Gasteiger partial charge in [0.25, 0.3) is 0 Å². The number of carbonyl (C=O) groups is 1. The molecule has 1 fully saturated rings. The molecule has 2 aromatic carbocycles. The van der Waals surface area contributed by atoms with Crippen molar-refractivity contribution in [3.05, 3.63) is 54.6 Å². The lowest BCUT2D eigenvalue weighted by Gasteiger charge is -2.34. The van der Waals surface area contributed by atoms with Crippen LogP contribution in [0.25, 0.3) is 11.1 Å². The summed E-state index contributed by atoms with van der Waals surface area (Å²) in [5, 5.41) is 2.96. The monoisotopic (exact) mass is 391 g/mol. The first kappa shape index (κ1) is 20.4. The highest BCUT2D eigenvalue weighted by molar-refractivity contribution is 5.95. The van der Waals surface area contributed by atoms with Crippen molar-refractivity contribution in [3.8, 4) is 11.1 Å². The molecule has 0 spiro atoms. The molecule has 1 saturated heterocycles. The van der Waals surface area contributed by atoms with Gasteiger partial charge in [0.1, 0.15) is 0 Å². The van der Waals surface area contributed by atoms with Crippen molar-refractivity contribution in [1.29, 1.82) is 0 Å². The predicted molar refractivity (Wildman–Crippen MR) is 104 cm³/mol. The van der Waals surface area contributed by atoms with Crippen LogP contribution in [0.3, 0.4) is 0 Å². The number of para-hydroxylation sites is 1. The first-order valence-corrected chi connectivity index (χ1v) is 9.36. The number of hydrogen-bond donors (Lipinski definition) is 1. The first-order valence-electron chi connectivity index (χ1n) is 9.36. The first-order chi connectivity index (χ1) is 13.4. The Morgan fingerprint density at radius 3 is 2.18 bits per heavy atom. The Hall–Kier alpha value is -2.38. The van der Waals surface area contributed by atoms with E-state index in [9.17, 15) is 18.0 Å². The fraction of sp³-hybridized carbons (Fsp3) is 0.381. The Kier molecular flexibility index (Phi) is 6.70. The van der Waals surface area contributed by atoms with E-state index in [-0.39, 0.29) is 5.91 Å². The van der Waals surface area contributed by atoms with Gasteiger partial charge < -0.3 is 10.2 Å². The van der Waals surface area contributed by atoms with Crippen LogP contribution in [0.15, 0.2) is 54.6 Å². The van der Waals surface area contributed by atoms with Crippen LogP contribution in [0.4, 0.5) is 18.9 Å². The number of carbonyl (C=O) groups excluding carboxylic acids is 1. The molecule has 28 heavy (non-hydrogen) atoms. The molecule has 1 amide bonds. The lowest BCUT2D eigenvalue weighted by molar-refractivity contribution is -0.149. The number of hydrogen-bond acceptors (Lipinski definition) is 3. The summed E-state index contributed by atoms with van der Waals surface area (Å²) in [5.74, 6) is -0.0962. The van der Waals surface area contributed by atoms with E-state index >= 15 is 0 Å². The third kappa shape index (κ3) is 6.07. The number of nitrogens with zero attached hydrogens (tertiary/aromatic N) is 2. The summed E-state index contributed by atoms with van der Waals surface area (Å²) in [6, 6.07) is 17.5. The van der Waals surface area contributed by atoms with Crippen LogP contribution in [0.1, 0.15) is 6.42 Å². The zero-order valence-corrected chi connectivity index (χ0v) is 15.6. The van der Waals surface area contributed by atoms with Gasteiger partial charge in [-0.15, -0.1) is 0 Å². The third-order valence-electron chi connectivity index (χ3n) is 4.81. The average molecular weight is 391 g/mol. The van der Waals surface area contributed by atoms with Crippen molar-refractivity contribution in [2.75, 3.05) is 44.6 Å². The van der Waals surface area contributed by atoms with Crippen LogP contribution in [0.5, 0.6) is 0 Å². The molecule has 0 radical (unpaired) electrons. The van der Waals surface area contributed by atoms with Crippen molar-refractivity contribution >= 4 is 11.6 Å². The van der Waals surface area contributed by atoms with Gasteiger partial charge in [0.05, 0.1) is 6.54 Å². The van der Waals surface area contributed by atoms with Crippen molar-refractivity contribution in [2.45, 2.75) is 12.6 Å². The molecule has 0 unspecified atom stereocenters. The van der Waals surface area contributed by atoms with Crippen molar-refractivity contribution in [3.63, 3.8) is 0 Å². The molecule has 7 heteroatoms. The van der Waals surface area contributed by atoms with Crippen molar-refractivity contribution in [1.82, 2.24) is 9.80 Å². The van der Waals surface area contributed by atoms with Crippen LogP contribution >= 0.6 is 0 Å². The van der Waals surface area contributed by atoms with Crippen molar-refractivity contribution < 1.29 is 18.0 Å². The highest BCUT2D eigenvalue weighted by Crippen LogP contribution is 2.27. The number of benzene rings is 2. The summed E-state index contributed by atoms with van der Waals surface area (Å²) >= 11 is 0. The molecule has 0 atom stereocenters. The lowest BCUT2D eigenvalue weighted by Crippen LogP contribution is -2.49. The summed E-state index contributed by atoms with van der Waals surface area (Å²) in [5.41, 5.74) is 2.74. The fourth-order valence-corrected chi connectivity index (χ4v) is 3.36. The number of piperazine rings is 1. The zero-order valence-electron chi connectivity index (χ0n) is 15.6. The second kappa shape index (κ2) is 9.21. The molecule has 1 heterocycles. The van der Waals surface area contributed by atoms with Crippen LogP contribution in [-0.2, 0) is 4.79 Å². The molecule has 2 aromatic rings. The Bertz CT molecular complexity index is 772. The Labute approximate surface area is 162 Å². The predicted octanol–water partition coefficient (Wildman–Crippen LogP) is 3.86. The largest absolute Gasteiger partial charge is 0.401 e. The molecule has 0 aliphatic carbocycles. The molecule has 150 valence electrons. The van der Waals surface area contributed by atoms with Gasteiger partial charge in [0, 0.05) is 50.4 Å². The molecule has 3 rings (SSSR count). The minimum atomic E-state index is -4.16. The molecule has 0 aromatic heterocycles. The second-order valence-electron chi connectivity index (χ2n) is 6.94. The molecule has 4 nitrogen and oxygen atoms in total. The normalized spacial score (nSPS) is 16.1. The molecule has 0 bridgehead atoms. The molecular weight excluding hydrogens is 367 g/mol. The standard InChI is InChI=1S/C21H24F3N3O/c22-21(23,24)16-27-14-12-26(13-15-27)11-10-20(28)25-19-9-5-4-8-18(19)17-6-2-1-3-7-17/h1-9H,10-16H2,(H,25,28). The van der Waals surface area contributed by atoms with Gasteiger partial charge in [-0.2, -0.15) is 13.2 Å². The van der Waals surface area contributed by atoms with E-state index < -0.39 is 12.7 Å². The van der Waals surface area contributed by atoms with Crippen molar-refractivity contribution in [2.24, 2.45) is 0 Å². The fourth-order valence-electron chi connectivity index (χ4n) is 3.36. The number of alkyl halides is 3. The van der Waals surface area contributed by atoms with Crippen LogP contribution in [-0.4, -0.2) is 61.2 Å². The SMILES string of the molecule is O=C(CCN1CCN(CC(F)(F)F)CC1)Nc1ccccc1-c1ccccc1. The van der Waals surface area contributed by atoms with E-state index in [1.54, 1.807) is 0 Å². The van der Waals surface area contributed by atoms with Crippen LogP contribution < -0.4 is 5.32 Å². The van der Waals surface area contributed by atoms with Gasteiger partial charge in [0.2, 0.25) is 5.91 Å². The van der Waals surface area contributed by atoms with E-state index in [4.69, 9.17) is 0 Å². The summed E-state index contributed by atoms with van der Waals surface area (Å²) < 4.78 is 37.3. The van der Waals surface area contributed by atoms with E-state index in [1.807, 2.05) is 59.5 Å². The highest BCUT2D eigenvalue weighted by atomic mass is 19.4. The molecule has 0 saturated carbocycles. The van der Waals surface area contributed by atoms with Gasteiger partial charge in [-0.1, -0.05) is 48.5 Å². The highest BCUT2D eigenvalue weighted by Gasteiger charge is 2.32. The number of anilines is 1. The summed E-state index contributed by atoms with van der Waals surface area (Å²) in [6.07, 6.45) is -3.85. The number of rotatable bonds is 6. The van der Waals surface area contributed by atoms with Gasteiger partial charge in [-0.05, 0) is 11.6 Å². The maximum Gasteiger partial charge on any atom is 0.401 e. The Morgan fingerprint density at radius 1 is 0.893 bits per heavy atom. The molecule has 1 N–H and O–H groups in total. The van der Waals surface area contributed by atoms with E-state index in [0.717, 1.165) is 16.8 Å². The maximum absolute atomic E-state index is 12.4. The van der Waals surface area contributed by atoms with Gasteiger partial charge in [-0.25, -0.2) is 0 Å². The Morgan fingerprint density at radius 2 is 1.50 bits per heavy atom. The van der Waals surface area contributed by atoms with Gasteiger partial charge in [0.15, 0.2) is 0 Å². The molecule has 1 aliphatic heterocycles. The minimum Gasteiger partial charge on any atom is -0.325 e. The number of amides is 1. The van der Waals surface area contributed by atoms with E-state index in [0.29, 0.717) is 39.1 Å². The minimum absolute atomic E-state index is 0.0962. The number of nitrogens with one attached hydrogen (secondary N) is 1. The molecule has 1 aliphatic rings. The van der Waals surface area contributed by atoms with Gasteiger partial charge >= 0.3 is 6.18 Å². The zero-order chi connectivity index (χ0) is 20.0. The lowest BCUT2D eigenvalue weighted by atomic mass is 10.0. The van der Waals surface area contributed by atoms with Crippen LogP contribution in [0.2, 0.25) is 0 Å². The topological polar surface area (TPSA) is 35.6 Å².